The van der Waals surface area contributed by atoms with E-state index in [2.05, 4.69) is 4.98 Å². The SMILES string of the molecule is COc1cc(CCC[C@H](O)C(=O)O)ccc1OC(C)c1nc(-c2ccco2)oc1C(C)C. The molecule has 172 valence electrons. The molecule has 3 rings (SSSR count). The average Bonchev–Trinajstić information content (AvgIpc) is 3.44. The monoisotopic (exact) mass is 443 g/mol. The van der Waals surface area contributed by atoms with E-state index in [1.54, 1.807) is 25.5 Å². The van der Waals surface area contributed by atoms with E-state index in [1.165, 1.54) is 0 Å². The Hall–Kier alpha value is -3.26. The zero-order valence-electron chi connectivity index (χ0n) is 18.7. The van der Waals surface area contributed by atoms with Gasteiger partial charge in [0.2, 0.25) is 0 Å². The highest BCUT2D eigenvalue weighted by atomic mass is 16.5. The largest absolute Gasteiger partial charge is 0.493 e. The average molecular weight is 443 g/mol. The van der Waals surface area contributed by atoms with Crippen molar-refractivity contribution in [1.29, 1.82) is 0 Å². The van der Waals surface area contributed by atoms with Crippen LogP contribution >= 0.6 is 0 Å². The van der Waals surface area contributed by atoms with Crippen LogP contribution in [0.25, 0.3) is 11.7 Å². The maximum Gasteiger partial charge on any atom is 0.332 e. The molecule has 0 amide bonds. The van der Waals surface area contributed by atoms with Gasteiger partial charge in [-0.1, -0.05) is 19.9 Å². The summed E-state index contributed by atoms with van der Waals surface area (Å²) in [4.78, 5) is 15.4. The molecule has 0 fully saturated rings. The van der Waals surface area contributed by atoms with Gasteiger partial charge >= 0.3 is 5.97 Å². The van der Waals surface area contributed by atoms with Crippen molar-refractivity contribution in [2.75, 3.05) is 7.11 Å². The van der Waals surface area contributed by atoms with Crippen molar-refractivity contribution >= 4 is 5.97 Å². The molecule has 0 aliphatic heterocycles. The van der Waals surface area contributed by atoms with Crippen molar-refractivity contribution in [1.82, 2.24) is 4.98 Å². The molecule has 2 N–H and O–H groups in total. The summed E-state index contributed by atoms with van der Waals surface area (Å²) in [6, 6.07) is 9.15. The minimum absolute atomic E-state index is 0.109. The van der Waals surface area contributed by atoms with Crippen LogP contribution < -0.4 is 9.47 Å². The molecular formula is C24H29NO7. The third kappa shape index (κ3) is 5.50. The highest BCUT2D eigenvalue weighted by molar-refractivity contribution is 5.71. The van der Waals surface area contributed by atoms with Crippen molar-refractivity contribution < 1.29 is 33.3 Å². The van der Waals surface area contributed by atoms with Gasteiger partial charge in [0.25, 0.3) is 5.89 Å². The summed E-state index contributed by atoms with van der Waals surface area (Å²) in [6.07, 6.45) is 1.18. The number of furan rings is 1. The maximum absolute atomic E-state index is 10.7. The summed E-state index contributed by atoms with van der Waals surface area (Å²) < 4.78 is 23.0. The molecule has 2 heterocycles. The predicted octanol–water partition coefficient (Wildman–Crippen LogP) is 4.97. The van der Waals surface area contributed by atoms with Crippen molar-refractivity contribution in [3.8, 4) is 23.1 Å². The lowest BCUT2D eigenvalue weighted by Gasteiger charge is -2.17. The molecule has 0 aliphatic carbocycles. The normalized spacial score (nSPS) is 13.2. The molecule has 32 heavy (non-hydrogen) atoms. The first-order valence-electron chi connectivity index (χ1n) is 10.6. The van der Waals surface area contributed by atoms with Gasteiger partial charge in [-0.25, -0.2) is 9.78 Å². The smallest absolute Gasteiger partial charge is 0.332 e. The number of nitrogens with zero attached hydrogens (tertiary/aromatic N) is 1. The van der Waals surface area contributed by atoms with Crippen LogP contribution in [0, 0.1) is 0 Å². The second kappa shape index (κ2) is 10.4. The Labute approximate surface area is 186 Å². The van der Waals surface area contributed by atoms with E-state index in [0.29, 0.717) is 41.7 Å². The number of oxazole rings is 1. The topological polar surface area (TPSA) is 115 Å². The summed E-state index contributed by atoms with van der Waals surface area (Å²) in [5, 5.41) is 18.2. The first-order chi connectivity index (χ1) is 15.3. The fraction of sp³-hybridized carbons (Fsp3) is 0.417. The number of aliphatic hydroxyl groups excluding tert-OH is 1. The molecule has 0 aliphatic rings. The van der Waals surface area contributed by atoms with Crippen LogP contribution in [0.5, 0.6) is 11.5 Å². The van der Waals surface area contributed by atoms with Gasteiger partial charge < -0.3 is 28.5 Å². The molecule has 2 atom stereocenters. The van der Waals surface area contributed by atoms with Crippen LogP contribution in [0.4, 0.5) is 0 Å². The van der Waals surface area contributed by atoms with Gasteiger partial charge in [-0.05, 0) is 56.0 Å². The van der Waals surface area contributed by atoms with Gasteiger partial charge in [-0.2, -0.15) is 0 Å². The molecule has 0 saturated carbocycles. The van der Waals surface area contributed by atoms with Gasteiger partial charge in [0.1, 0.15) is 17.6 Å². The standard InChI is InChI=1S/C24H29NO7/c1-14(2)22-21(25-23(32-22)19-9-6-12-30-19)15(3)31-18-11-10-16(13-20(18)29-4)7-5-8-17(26)24(27)28/h6,9-15,17,26H,5,7-8H2,1-4H3,(H,27,28)/t15?,17-/m0/s1. The number of benzene rings is 1. The first-order valence-corrected chi connectivity index (χ1v) is 10.6. The van der Waals surface area contributed by atoms with Crippen LogP contribution in [0.3, 0.4) is 0 Å². The van der Waals surface area contributed by atoms with E-state index in [-0.39, 0.29) is 12.3 Å². The molecule has 0 spiro atoms. The van der Waals surface area contributed by atoms with Crippen molar-refractivity contribution in [2.24, 2.45) is 0 Å². The van der Waals surface area contributed by atoms with E-state index in [4.69, 9.17) is 23.4 Å². The van der Waals surface area contributed by atoms with Gasteiger partial charge in [0.05, 0.1) is 13.4 Å². The van der Waals surface area contributed by atoms with Crippen LogP contribution in [-0.4, -0.2) is 34.4 Å². The summed E-state index contributed by atoms with van der Waals surface area (Å²) in [5.41, 5.74) is 1.66. The number of hydrogen-bond acceptors (Lipinski definition) is 7. The van der Waals surface area contributed by atoms with Crippen molar-refractivity contribution in [2.45, 2.75) is 58.2 Å². The maximum atomic E-state index is 10.7. The number of carbonyl (C=O) groups is 1. The number of aliphatic hydroxyl groups is 1. The van der Waals surface area contributed by atoms with Crippen molar-refractivity contribution in [3.05, 3.63) is 53.6 Å². The molecule has 8 heteroatoms. The highest BCUT2D eigenvalue weighted by Crippen LogP contribution is 2.36. The van der Waals surface area contributed by atoms with Crippen LogP contribution in [0.15, 0.2) is 45.4 Å². The van der Waals surface area contributed by atoms with Gasteiger partial charge in [-0.3, -0.25) is 0 Å². The fourth-order valence-corrected chi connectivity index (χ4v) is 3.39. The van der Waals surface area contributed by atoms with E-state index in [1.807, 2.05) is 39.0 Å². The number of ether oxygens (including phenoxy) is 2. The first kappa shape index (κ1) is 23.4. The van der Waals surface area contributed by atoms with E-state index < -0.39 is 18.2 Å². The number of aromatic nitrogens is 1. The number of aliphatic carboxylic acids is 1. The summed E-state index contributed by atoms with van der Waals surface area (Å²) in [5.74, 6) is 1.73. The minimum Gasteiger partial charge on any atom is -0.493 e. The Balaban J connectivity index is 1.74. The summed E-state index contributed by atoms with van der Waals surface area (Å²) in [6.45, 7) is 5.95. The van der Waals surface area contributed by atoms with Crippen molar-refractivity contribution in [3.63, 3.8) is 0 Å². The lowest BCUT2D eigenvalue weighted by atomic mass is 10.1. The molecule has 0 radical (unpaired) electrons. The molecule has 1 aromatic carbocycles. The second-order valence-corrected chi connectivity index (χ2v) is 7.89. The fourth-order valence-electron chi connectivity index (χ4n) is 3.39. The Kier molecular flexibility index (Phi) is 7.58. The lowest BCUT2D eigenvalue weighted by molar-refractivity contribution is -0.146. The second-order valence-electron chi connectivity index (χ2n) is 7.89. The number of carboxylic acids is 1. The zero-order chi connectivity index (χ0) is 23.3. The molecular weight excluding hydrogens is 414 g/mol. The third-order valence-corrected chi connectivity index (χ3v) is 5.08. The Morgan fingerprint density at radius 1 is 1.19 bits per heavy atom. The molecule has 8 nitrogen and oxygen atoms in total. The molecule has 0 bridgehead atoms. The van der Waals surface area contributed by atoms with E-state index >= 15 is 0 Å². The van der Waals surface area contributed by atoms with Crippen LogP contribution in [-0.2, 0) is 11.2 Å². The number of rotatable bonds is 11. The van der Waals surface area contributed by atoms with Crippen LogP contribution in [0.1, 0.15) is 62.7 Å². The predicted molar refractivity (Wildman–Crippen MR) is 117 cm³/mol. The quantitative estimate of drug-likeness (QED) is 0.427. The zero-order valence-corrected chi connectivity index (χ0v) is 18.7. The number of hydrogen-bond donors (Lipinski definition) is 2. The molecule has 3 aromatic rings. The number of carboxylic acid groups (broad SMARTS) is 1. The minimum atomic E-state index is -1.34. The number of aryl methyl sites for hydroxylation is 1. The summed E-state index contributed by atoms with van der Waals surface area (Å²) >= 11 is 0. The van der Waals surface area contributed by atoms with Gasteiger partial charge in [0, 0.05) is 5.92 Å². The lowest BCUT2D eigenvalue weighted by Crippen LogP contribution is -2.19. The Morgan fingerprint density at radius 3 is 2.59 bits per heavy atom. The Bertz CT molecular complexity index is 1020. The van der Waals surface area contributed by atoms with E-state index in [9.17, 15) is 9.90 Å². The summed E-state index contributed by atoms with van der Waals surface area (Å²) in [7, 11) is 1.56. The molecule has 2 aromatic heterocycles. The molecule has 1 unspecified atom stereocenters. The number of methoxy groups -OCH3 is 1. The Morgan fingerprint density at radius 2 is 1.97 bits per heavy atom. The highest BCUT2D eigenvalue weighted by Gasteiger charge is 2.25. The van der Waals surface area contributed by atoms with Gasteiger partial charge in [-0.15, -0.1) is 0 Å². The van der Waals surface area contributed by atoms with Crippen LogP contribution in [0.2, 0.25) is 0 Å². The van der Waals surface area contributed by atoms with Gasteiger partial charge in [0.15, 0.2) is 23.4 Å². The molecule has 0 saturated heterocycles. The third-order valence-electron chi connectivity index (χ3n) is 5.08. The van der Waals surface area contributed by atoms with E-state index in [0.717, 1.165) is 11.3 Å².